The third kappa shape index (κ3) is 15.2. The van der Waals surface area contributed by atoms with Crippen molar-refractivity contribution < 1.29 is 9.47 Å². The first-order valence-corrected chi connectivity index (χ1v) is 13.9. The van der Waals surface area contributed by atoms with Gasteiger partial charge in [-0.1, -0.05) is 109 Å². The van der Waals surface area contributed by atoms with Crippen LogP contribution in [-0.2, 0) is 0 Å². The summed E-state index contributed by atoms with van der Waals surface area (Å²) in [5.41, 5.74) is 3.70. The maximum atomic E-state index is 5.40. The molecule has 0 spiro atoms. The van der Waals surface area contributed by atoms with Crippen LogP contribution in [0.5, 0.6) is 11.5 Å². The summed E-state index contributed by atoms with van der Waals surface area (Å²) in [4.78, 5) is 0. The molecule has 5 nitrogen and oxygen atoms in total. The highest BCUT2D eigenvalue weighted by molar-refractivity contribution is 7.80. The lowest BCUT2D eigenvalue weighted by Gasteiger charge is -2.10. The largest absolute Gasteiger partial charge is 0.493 e. The van der Waals surface area contributed by atoms with E-state index in [0.29, 0.717) is 16.6 Å². The van der Waals surface area contributed by atoms with Crippen molar-refractivity contribution in [3.8, 4) is 11.5 Å². The van der Waals surface area contributed by atoms with Crippen molar-refractivity contribution in [2.75, 3.05) is 20.8 Å². The average molecular weight is 492 g/mol. The van der Waals surface area contributed by atoms with Crippen molar-refractivity contribution in [2.45, 2.75) is 110 Å². The number of ether oxygens (including phenoxy) is 2. The van der Waals surface area contributed by atoms with Gasteiger partial charge in [-0.15, -0.1) is 0 Å². The normalized spacial score (nSPS) is 11.0. The zero-order valence-corrected chi connectivity index (χ0v) is 22.8. The van der Waals surface area contributed by atoms with Gasteiger partial charge in [-0.3, -0.25) is 5.43 Å². The van der Waals surface area contributed by atoms with E-state index in [4.69, 9.17) is 21.7 Å². The minimum absolute atomic E-state index is 0.541. The minimum atomic E-state index is 0.541. The zero-order valence-electron chi connectivity index (χ0n) is 22.0. The smallest absolute Gasteiger partial charge is 0.186 e. The van der Waals surface area contributed by atoms with Crippen LogP contribution >= 0.6 is 12.2 Å². The SMILES string of the molecule is CCCCCCCCCCCCCCCCCCNC(=S)NN=Cc1cccc(OC)c1OC. The van der Waals surface area contributed by atoms with Crippen LogP contribution in [0.25, 0.3) is 0 Å². The lowest BCUT2D eigenvalue weighted by molar-refractivity contribution is 0.354. The lowest BCUT2D eigenvalue weighted by Crippen LogP contribution is -2.32. The molecule has 0 heterocycles. The quantitative estimate of drug-likeness (QED) is 0.0796. The standard InChI is InChI=1S/C28H49N3O2S/c1-4-5-6-7-8-9-10-11-12-13-14-15-16-17-18-19-23-29-28(34)31-30-24-25-21-20-22-26(32-2)27(25)33-3/h20-22,24H,4-19,23H2,1-3H3,(H2,29,31,34). The summed E-state index contributed by atoms with van der Waals surface area (Å²) in [5.74, 6) is 1.33. The van der Waals surface area contributed by atoms with Gasteiger partial charge in [0.2, 0.25) is 0 Å². The van der Waals surface area contributed by atoms with Crippen molar-refractivity contribution >= 4 is 23.5 Å². The van der Waals surface area contributed by atoms with Crippen molar-refractivity contribution in [2.24, 2.45) is 5.10 Å². The Morgan fingerprint density at radius 3 is 1.82 bits per heavy atom. The summed E-state index contributed by atoms with van der Waals surface area (Å²) in [7, 11) is 3.24. The molecule has 0 aromatic heterocycles. The van der Waals surface area contributed by atoms with Crippen LogP contribution < -0.4 is 20.2 Å². The molecule has 194 valence electrons. The predicted octanol–water partition coefficient (Wildman–Crippen LogP) is 7.76. The fourth-order valence-electron chi connectivity index (χ4n) is 4.09. The number of nitrogens with zero attached hydrogens (tertiary/aromatic N) is 1. The van der Waals surface area contributed by atoms with E-state index in [0.717, 1.165) is 18.5 Å². The first-order chi connectivity index (χ1) is 16.7. The van der Waals surface area contributed by atoms with E-state index in [2.05, 4.69) is 22.8 Å². The Hall–Kier alpha value is -1.82. The minimum Gasteiger partial charge on any atom is -0.493 e. The van der Waals surface area contributed by atoms with E-state index in [1.54, 1.807) is 20.4 Å². The Morgan fingerprint density at radius 2 is 1.32 bits per heavy atom. The highest BCUT2D eigenvalue weighted by Crippen LogP contribution is 2.29. The monoisotopic (exact) mass is 491 g/mol. The van der Waals surface area contributed by atoms with E-state index in [1.807, 2.05) is 18.2 Å². The molecule has 0 aliphatic heterocycles. The molecule has 0 saturated heterocycles. The number of rotatable bonds is 21. The molecule has 1 rings (SSSR count). The van der Waals surface area contributed by atoms with Crippen LogP contribution in [0.4, 0.5) is 0 Å². The van der Waals surface area contributed by atoms with E-state index >= 15 is 0 Å². The average Bonchev–Trinajstić information content (AvgIpc) is 2.85. The summed E-state index contributed by atoms with van der Waals surface area (Å²) in [6, 6.07) is 5.67. The molecule has 0 bridgehead atoms. The molecular formula is C28H49N3O2S. The molecule has 34 heavy (non-hydrogen) atoms. The number of unbranched alkanes of at least 4 members (excludes halogenated alkanes) is 15. The molecule has 6 heteroatoms. The molecule has 0 saturated carbocycles. The molecule has 1 aromatic carbocycles. The molecule has 0 radical (unpaired) electrons. The zero-order chi connectivity index (χ0) is 24.7. The van der Waals surface area contributed by atoms with Crippen LogP contribution in [0.2, 0.25) is 0 Å². The molecule has 0 fully saturated rings. The van der Waals surface area contributed by atoms with Crippen LogP contribution in [0.1, 0.15) is 115 Å². The van der Waals surface area contributed by atoms with Crippen molar-refractivity contribution in [1.29, 1.82) is 0 Å². The number of hydrazone groups is 1. The number of thiocarbonyl (C=S) groups is 1. The summed E-state index contributed by atoms with van der Waals surface area (Å²) < 4.78 is 10.7. The maximum Gasteiger partial charge on any atom is 0.186 e. The Morgan fingerprint density at radius 1 is 0.794 bits per heavy atom. The van der Waals surface area contributed by atoms with E-state index in [1.165, 1.54) is 96.3 Å². The Labute approximate surface area is 214 Å². The summed E-state index contributed by atoms with van der Waals surface area (Å²) in [5, 5.41) is 7.97. The number of methoxy groups -OCH3 is 2. The summed E-state index contributed by atoms with van der Waals surface area (Å²) in [6.45, 7) is 3.16. The van der Waals surface area contributed by atoms with Gasteiger partial charge in [-0.05, 0) is 30.8 Å². The van der Waals surface area contributed by atoms with Gasteiger partial charge in [0, 0.05) is 12.1 Å². The van der Waals surface area contributed by atoms with Crippen LogP contribution in [0.15, 0.2) is 23.3 Å². The number of para-hydroxylation sites is 1. The van der Waals surface area contributed by atoms with Crippen LogP contribution in [0.3, 0.4) is 0 Å². The second-order valence-electron chi connectivity index (χ2n) is 9.01. The van der Waals surface area contributed by atoms with Gasteiger partial charge in [0.25, 0.3) is 0 Å². The van der Waals surface area contributed by atoms with E-state index < -0.39 is 0 Å². The molecular weight excluding hydrogens is 442 g/mol. The number of nitrogens with one attached hydrogen (secondary N) is 2. The predicted molar refractivity (Wildman–Crippen MR) is 150 cm³/mol. The first-order valence-electron chi connectivity index (χ1n) is 13.5. The van der Waals surface area contributed by atoms with E-state index in [9.17, 15) is 0 Å². The molecule has 1 aromatic rings. The number of benzene rings is 1. The van der Waals surface area contributed by atoms with Gasteiger partial charge < -0.3 is 14.8 Å². The van der Waals surface area contributed by atoms with Crippen molar-refractivity contribution in [3.05, 3.63) is 23.8 Å². The molecule has 0 unspecified atom stereocenters. The van der Waals surface area contributed by atoms with Gasteiger partial charge in [-0.2, -0.15) is 5.10 Å². The fraction of sp³-hybridized carbons (Fsp3) is 0.714. The maximum absolute atomic E-state index is 5.40. The van der Waals surface area contributed by atoms with Crippen molar-refractivity contribution in [3.63, 3.8) is 0 Å². The molecule has 2 N–H and O–H groups in total. The van der Waals surface area contributed by atoms with Gasteiger partial charge in [0.15, 0.2) is 16.6 Å². The van der Waals surface area contributed by atoms with Gasteiger partial charge in [-0.25, -0.2) is 0 Å². The fourth-order valence-corrected chi connectivity index (χ4v) is 4.24. The van der Waals surface area contributed by atoms with Gasteiger partial charge in [0.1, 0.15) is 0 Å². The second-order valence-corrected chi connectivity index (χ2v) is 9.42. The molecule has 0 atom stereocenters. The second kappa shape index (κ2) is 21.7. The number of hydrogen-bond acceptors (Lipinski definition) is 4. The molecule has 0 aliphatic carbocycles. The van der Waals surface area contributed by atoms with Crippen LogP contribution in [-0.4, -0.2) is 32.1 Å². The summed E-state index contributed by atoms with van der Waals surface area (Å²) in [6.07, 6.45) is 23.8. The Kier molecular flexibility index (Phi) is 19.3. The third-order valence-electron chi connectivity index (χ3n) is 6.12. The van der Waals surface area contributed by atoms with Gasteiger partial charge in [0.05, 0.1) is 20.4 Å². The van der Waals surface area contributed by atoms with E-state index in [-0.39, 0.29) is 0 Å². The topological polar surface area (TPSA) is 54.9 Å². The molecule has 0 amide bonds. The highest BCUT2D eigenvalue weighted by atomic mass is 32.1. The number of hydrogen-bond donors (Lipinski definition) is 2. The van der Waals surface area contributed by atoms with Crippen molar-refractivity contribution in [1.82, 2.24) is 10.7 Å². The highest BCUT2D eigenvalue weighted by Gasteiger charge is 2.07. The Balaban J connectivity index is 1.93. The summed E-state index contributed by atoms with van der Waals surface area (Å²) >= 11 is 5.30. The Bertz CT molecular complexity index is 667. The molecule has 0 aliphatic rings. The third-order valence-corrected chi connectivity index (χ3v) is 6.35. The lowest BCUT2D eigenvalue weighted by atomic mass is 10.0. The van der Waals surface area contributed by atoms with Crippen LogP contribution in [0, 0.1) is 0 Å². The van der Waals surface area contributed by atoms with Gasteiger partial charge >= 0.3 is 0 Å². The first kappa shape index (κ1) is 30.2.